The van der Waals surface area contributed by atoms with Crippen molar-refractivity contribution in [2.75, 3.05) is 13.0 Å². The number of nitrogens with zero attached hydrogens (tertiary/aromatic N) is 1. The first-order chi connectivity index (χ1) is 16.7. The molecular formula is C22H37N4O9P. The molecule has 13 nitrogen and oxygen atoms in total. The number of H-pyrrole nitrogens is 1. The molecule has 0 saturated carbocycles. The lowest BCUT2D eigenvalue weighted by atomic mass is 10.3. The number of aromatic amines is 1. The van der Waals surface area contributed by atoms with Gasteiger partial charge in [-0.1, -0.05) is 0 Å². The number of ether oxygens (including phenoxy) is 4. The van der Waals surface area contributed by atoms with Gasteiger partial charge in [0.2, 0.25) is 7.44 Å². The molecule has 0 aromatic carbocycles. The van der Waals surface area contributed by atoms with E-state index in [4.69, 9.17) is 18.9 Å². The van der Waals surface area contributed by atoms with E-state index in [-0.39, 0.29) is 31.6 Å². The van der Waals surface area contributed by atoms with Crippen molar-refractivity contribution in [2.45, 2.75) is 91.5 Å². The molecule has 1 aliphatic rings. The highest BCUT2D eigenvalue weighted by atomic mass is 31.2. The molecule has 1 saturated heterocycles. The summed E-state index contributed by atoms with van der Waals surface area (Å²) in [7, 11) is -3.69. The minimum Gasteiger partial charge on any atom is -0.462 e. The SMILES string of the molecule is Cc1cn([C@H]2C[C@@H](OCP(=O)(N[C@@H](C)C(=O)OC(C)C)N[C@@H](C)C(=O)OC(C)C)CO2)c(=O)[nH]c1=O. The van der Waals surface area contributed by atoms with Crippen LogP contribution in [0.3, 0.4) is 0 Å². The van der Waals surface area contributed by atoms with E-state index in [1.54, 1.807) is 34.6 Å². The molecule has 0 aliphatic carbocycles. The van der Waals surface area contributed by atoms with Gasteiger partial charge >= 0.3 is 17.6 Å². The average Bonchev–Trinajstić information content (AvgIpc) is 3.22. The monoisotopic (exact) mass is 532 g/mol. The fourth-order valence-electron chi connectivity index (χ4n) is 3.41. The van der Waals surface area contributed by atoms with Crippen LogP contribution in [0, 0.1) is 6.92 Å². The van der Waals surface area contributed by atoms with Gasteiger partial charge < -0.3 is 18.9 Å². The summed E-state index contributed by atoms with van der Waals surface area (Å²) < 4.78 is 36.9. The average molecular weight is 533 g/mol. The van der Waals surface area contributed by atoms with Crippen LogP contribution in [0.5, 0.6) is 0 Å². The van der Waals surface area contributed by atoms with Gasteiger partial charge in [0, 0.05) is 18.2 Å². The van der Waals surface area contributed by atoms with Crippen molar-refractivity contribution >= 4 is 19.4 Å². The van der Waals surface area contributed by atoms with Crippen LogP contribution in [0.15, 0.2) is 15.8 Å². The number of rotatable bonds is 12. The molecule has 14 heteroatoms. The molecule has 0 bridgehead atoms. The molecule has 1 aromatic rings. The first-order valence-electron chi connectivity index (χ1n) is 11.8. The van der Waals surface area contributed by atoms with Gasteiger partial charge in [-0.2, -0.15) is 0 Å². The highest BCUT2D eigenvalue weighted by Crippen LogP contribution is 2.39. The Morgan fingerprint density at radius 3 is 2.11 bits per heavy atom. The maximum Gasteiger partial charge on any atom is 0.330 e. The quantitative estimate of drug-likeness (QED) is 0.261. The van der Waals surface area contributed by atoms with Crippen molar-refractivity contribution < 1.29 is 33.1 Å². The summed E-state index contributed by atoms with van der Waals surface area (Å²) in [6.07, 6.45) is -0.671. The van der Waals surface area contributed by atoms with Crippen molar-refractivity contribution in [1.29, 1.82) is 0 Å². The second-order valence-electron chi connectivity index (χ2n) is 9.33. The standard InChI is InChI=1S/C22H37N4O9P/c1-12(2)34-20(28)15(6)24-36(31,25-16(7)21(29)35-13(3)4)11-33-17-8-18(32-10-17)26-9-14(5)19(27)23-22(26)30/h9,12-13,15-18H,8,10-11H2,1-7H3,(H,23,27,30)(H2,24,25,31)/t15-,16-,17+,18+/m0/s1. The van der Waals surface area contributed by atoms with Gasteiger partial charge in [0.25, 0.3) is 5.56 Å². The third kappa shape index (κ3) is 8.67. The van der Waals surface area contributed by atoms with E-state index in [0.29, 0.717) is 5.56 Å². The van der Waals surface area contributed by atoms with Crippen molar-refractivity contribution in [3.63, 3.8) is 0 Å². The lowest BCUT2D eigenvalue weighted by molar-refractivity contribution is -0.149. The number of aromatic nitrogens is 2. The Hall–Kier alpha value is -2.31. The molecule has 1 aromatic heterocycles. The van der Waals surface area contributed by atoms with E-state index < -0.39 is 55.0 Å². The molecule has 0 amide bonds. The summed E-state index contributed by atoms with van der Waals surface area (Å²) in [4.78, 5) is 50.6. The Morgan fingerprint density at radius 2 is 1.61 bits per heavy atom. The van der Waals surface area contributed by atoms with Gasteiger partial charge in [-0.15, -0.1) is 0 Å². The molecule has 1 fully saturated rings. The second-order valence-corrected chi connectivity index (χ2v) is 11.6. The lowest BCUT2D eigenvalue weighted by Crippen LogP contribution is -2.43. The van der Waals surface area contributed by atoms with Crippen LogP contribution < -0.4 is 21.4 Å². The van der Waals surface area contributed by atoms with Crippen molar-refractivity contribution in [2.24, 2.45) is 0 Å². The molecule has 1 aliphatic heterocycles. The third-order valence-electron chi connectivity index (χ3n) is 5.10. The highest BCUT2D eigenvalue weighted by molar-refractivity contribution is 7.59. The Labute approximate surface area is 209 Å². The topological polar surface area (TPSA) is 167 Å². The molecule has 2 rings (SSSR count). The van der Waals surface area contributed by atoms with E-state index in [1.807, 2.05) is 0 Å². The second kappa shape index (κ2) is 12.8. The maximum atomic E-state index is 13.8. The zero-order chi connectivity index (χ0) is 27.2. The van der Waals surface area contributed by atoms with Crippen LogP contribution >= 0.6 is 7.44 Å². The van der Waals surface area contributed by atoms with Gasteiger partial charge in [-0.25, -0.2) is 15.0 Å². The summed E-state index contributed by atoms with van der Waals surface area (Å²) in [6.45, 7) is 11.4. The highest BCUT2D eigenvalue weighted by Gasteiger charge is 2.35. The number of aryl methyl sites for hydroxylation is 1. The third-order valence-corrected chi connectivity index (χ3v) is 7.22. The molecule has 2 heterocycles. The van der Waals surface area contributed by atoms with Crippen LogP contribution in [-0.2, 0) is 33.1 Å². The Bertz CT molecular complexity index is 1050. The largest absolute Gasteiger partial charge is 0.462 e. The summed E-state index contributed by atoms with van der Waals surface area (Å²) in [5.41, 5.74) is -0.736. The van der Waals surface area contributed by atoms with Gasteiger partial charge in [0.15, 0.2) is 0 Å². The Balaban J connectivity index is 2.11. The molecule has 36 heavy (non-hydrogen) atoms. The normalized spacial score (nSPS) is 19.9. The molecule has 204 valence electrons. The summed E-state index contributed by atoms with van der Waals surface area (Å²) in [6, 6.07) is -1.92. The molecule has 0 spiro atoms. The van der Waals surface area contributed by atoms with Crippen LogP contribution in [0.1, 0.15) is 59.8 Å². The Kier molecular flexibility index (Phi) is 10.6. The summed E-state index contributed by atoms with van der Waals surface area (Å²) in [5.74, 6) is -1.22. The first-order valence-corrected chi connectivity index (χ1v) is 13.7. The number of hydrogen-bond donors (Lipinski definition) is 3. The number of esters is 2. The summed E-state index contributed by atoms with van der Waals surface area (Å²) in [5, 5.41) is 5.46. The molecule has 0 radical (unpaired) electrons. The zero-order valence-electron chi connectivity index (χ0n) is 21.7. The van der Waals surface area contributed by atoms with Crippen LogP contribution in [0.2, 0.25) is 0 Å². The van der Waals surface area contributed by atoms with Gasteiger partial charge in [0.05, 0.1) is 24.9 Å². The fourth-order valence-corrected chi connectivity index (χ4v) is 5.52. The van der Waals surface area contributed by atoms with Gasteiger partial charge in [-0.05, 0) is 48.5 Å². The Morgan fingerprint density at radius 1 is 1.08 bits per heavy atom. The predicted octanol–water partition coefficient (Wildman–Crippen LogP) is 1.16. The van der Waals surface area contributed by atoms with E-state index in [2.05, 4.69) is 15.2 Å². The predicted molar refractivity (Wildman–Crippen MR) is 131 cm³/mol. The fraction of sp³-hybridized carbons (Fsp3) is 0.727. The maximum absolute atomic E-state index is 13.8. The van der Waals surface area contributed by atoms with E-state index in [1.165, 1.54) is 24.6 Å². The first kappa shape index (κ1) is 29.9. The molecule has 3 N–H and O–H groups in total. The van der Waals surface area contributed by atoms with Crippen LogP contribution in [0.4, 0.5) is 0 Å². The van der Waals surface area contributed by atoms with E-state index in [0.717, 1.165) is 0 Å². The number of carbonyl (C=O) groups is 2. The smallest absolute Gasteiger partial charge is 0.330 e. The molecule has 4 atom stereocenters. The summed E-state index contributed by atoms with van der Waals surface area (Å²) >= 11 is 0. The molecular weight excluding hydrogens is 495 g/mol. The minimum atomic E-state index is -3.69. The van der Waals surface area contributed by atoms with Crippen molar-refractivity contribution in [3.05, 3.63) is 32.6 Å². The lowest BCUT2D eigenvalue weighted by Gasteiger charge is -2.27. The van der Waals surface area contributed by atoms with E-state index >= 15 is 0 Å². The van der Waals surface area contributed by atoms with Crippen molar-refractivity contribution in [1.82, 2.24) is 19.7 Å². The molecule has 0 unspecified atom stereocenters. The van der Waals surface area contributed by atoms with Crippen LogP contribution in [-0.4, -0.2) is 64.8 Å². The zero-order valence-corrected chi connectivity index (χ0v) is 22.6. The van der Waals surface area contributed by atoms with Crippen molar-refractivity contribution in [3.8, 4) is 0 Å². The minimum absolute atomic E-state index is 0.102. The number of hydrogen-bond acceptors (Lipinski definition) is 9. The van der Waals surface area contributed by atoms with E-state index in [9.17, 15) is 23.7 Å². The number of nitrogens with one attached hydrogen (secondary N) is 3. The van der Waals surface area contributed by atoms with Gasteiger partial charge in [-0.3, -0.25) is 28.5 Å². The van der Waals surface area contributed by atoms with Gasteiger partial charge in [0.1, 0.15) is 24.7 Å². The number of carbonyl (C=O) groups excluding carboxylic acids is 2. The van der Waals surface area contributed by atoms with Crippen LogP contribution in [0.25, 0.3) is 0 Å².